The first-order valence-corrected chi connectivity index (χ1v) is 6.67. The van der Waals surface area contributed by atoms with Crippen LogP contribution in [0.1, 0.15) is 33.6 Å². The van der Waals surface area contributed by atoms with Crippen molar-refractivity contribution in [2.75, 3.05) is 14.2 Å². The van der Waals surface area contributed by atoms with E-state index in [1.807, 2.05) is 0 Å². The molecule has 1 aliphatic carbocycles. The van der Waals surface area contributed by atoms with Crippen LogP contribution < -0.4 is 0 Å². The van der Waals surface area contributed by atoms with E-state index in [2.05, 4.69) is 20.8 Å². The van der Waals surface area contributed by atoms with Crippen LogP contribution >= 0.6 is 0 Å². The van der Waals surface area contributed by atoms with Crippen molar-refractivity contribution in [1.29, 1.82) is 0 Å². The molecule has 0 aliphatic heterocycles. The van der Waals surface area contributed by atoms with Gasteiger partial charge in [0.05, 0.1) is 0 Å². The zero-order valence-electron chi connectivity index (χ0n) is 9.46. The van der Waals surface area contributed by atoms with Crippen molar-refractivity contribution >= 4 is 9.28 Å². The zero-order chi connectivity index (χ0) is 10.1. The minimum atomic E-state index is -1.43. The molecule has 1 aliphatic rings. The van der Waals surface area contributed by atoms with E-state index in [0.29, 0.717) is 11.0 Å². The Morgan fingerprint density at radius 1 is 1.15 bits per heavy atom. The fraction of sp³-hybridized carbons (Fsp3) is 1.00. The largest absolute Gasteiger partial charge is 0.400 e. The molecule has 1 unspecified atom stereocenters. The lowest BCUT2D eigenvalue weighted by atomic mass is 9.89. The molecule has 0 heterocycles. The van der Waals surface area contributed by atoms with Crippen molar-refractivity contribution in [2.45, 2.75) is 39.2 Å². The van der Waals surface area contributed by atoms with Gasteiger partial charge < -0.3 is 8.85 Å². The number of hydrogen-bond donors (Lipinski definition) is 0. The van der Waals surface area contributed by atoms with Gasteiger partial charge >= 0.3 is 9.28 Å². The fourth-order valence-electron chi connectivity index (χ4n) is 2.18. The summed E-state index contributed by atoms with van der Waals surface area (Å²) in [6.45, 7) is 6.90. The summed E-state index contributed by atoms with van der Waals surface area (Å²) in [5.74, 6) is 0.872. The van der Waals surface area contributed by atoms with Crippen LogP contribution in [0.5, 0.6) is 0 Å². The Balaban J connectivity index is 2.65. The van der Waals surface area contributed by atoms with Gasteiger partial charge in [-0.2, -0.15) is 0 Å². The highest BCUT2D eigenvalue weighted by molar-refractivity contribution is 6.46. The highest BCUT2D eigenvalue weighted by Crippen LogP contribution is 2.51. The molecule has 2 nitrogen and oxygen atoms in total. The van der Waals surface area contributed by atoms with Crippen molar-refractivity contribution in [2.24, 2.45) is 11.3 Å². The van der Waals surface area contributed by atoms with E-state index in [-0.39, 0.29) is 0 Å². The average molecular weight is 202 g/mol. The molecule has 3 heteroatoms. The Kier molecular flexibility index (Phi) is 3.55. The van der Waals surface area contributed by atoms with Crippen LogP contribution in [0.2, 0.25) is 5.54 Å². The van der Waals surface area contributed by atoms with Crippen LogP contribution in [0.3, 0.4) is 0 Å². The van der Waals surface area contributed by atoms with Crippen LogP contribution in [0.4, 0.5) is 0 Å². The number of rotatable bonds is 4. The average Bonchev–Trinajstić information content (AvgIpc) is 2.80. The molecular weight excluding hydrogens is 180 g/mol. The molecule has 0 aromatic rings. The van der Waals surface area contributed by atoms with Gasteiger partial charge in [0.25, 0.3) is 0 Å². The van der Waals surface area contributed by atoms with Gasteiger partial charge in [-0.1, -0.05) is 33.6 Å². The van der Waals surface area contributed by atoms with E-state index < -0.39 is 9.28 Å². The molecule has 0 spiro atoms. The molecule has 1 rings (SSSR count). The predicted molar refractivity (Wildman–Crippen MR) is 57.1 cm³/mol. The second-order valence-electron chi connectivity index (χ2n) is 5.07. The Hall–Kier alpha value is 0.137. The first-order valence-electron chi connectivity index (χ1n) is 5.06. The van der Waals surface area contributed by atoms with Gasteiger partial charge in [-0.05, 0) is 11.3 Å². The molecule has 0 radical (unpaired) electrons. The van der Waals surface area contributed by atoms with Crippen LogP contribution in [0, 0.1) is 11.3 Å². The Labute approximate surface area is 83.5 Å². The van der Waals surface area contributed by atoms with Gasteiger partial charge in [-0.15, -0.1) is 0 Å². The highest BCUT2D eigenvalue weighted by Gasteiger charge is 2.45. The summed E-state index contributed by atoms with van der Waals surface area (Å²) in [6.07, 6.45) is 2.75. The molecule has 0 aromatic heterocycles. The van der Waals surface area contributed by atoms with Crippen LogP contribution in [0.15, 0.2) is 0 Å². The Bertz CT molecular complexity index is 157. The van der Waals surface area contributed by atoms with Gasteiger partial charge in [0.15, 0.2) is 0 Å². The van der Waals surface area contributed by atoms with E-state index in [0.717, 1.165) is 5.92 Å². The van der Waals surface area contributed by atoms with Crippen molar-refractivity contribution in [3.8, 4) is 0 Å². The zero-order valence-corrected chi connectivity index (χ0v) is 10.6. The smallest absolute Gasteiger partial charge is 0.324 e. The molecule has 1 saturated carbocycles. The third-order valence-corrected chi connectivity index (χ3v) is 5.95. The van der Waals surface area contributed by atoms with Crippen LogP contribution in [0.25, 0.3) is 0 Å². The van der Waals surface area contributed by atoms with E-state index in [4.69, 9.17) is 8.85 Å². The first kappa shape index (κ1) is 11.2. The van der Waals surface area contributed by atoms with Crippen molar-refractivity contribution in [3.63, 3.8) is 0 Å². The summed E-state index contributed by atoms with van der Waals surface area (Å²) in [5.41, 5.74) is 1.01. The maximum Gasteiger partial charge on any atom is 0.324 e. The summed E-state index contributed by atoms with van der Waals surface area (Å²) in [6, 6.07) is 0. The summed E-state index contributed by atoms with van der Waals surface area (Å²) < 4.78 is 11.0. The van der Waals surface area contributed by atoms with E-state index >= 15 is 0 Å². The predicted octanol–water partition coefficient (Wildman–Crippen LogP) is 2.33. The van der Waals surface area contributed by atoms with E-state index in [1.54, 1.807) is 14.2 Å². The van der Waals surface area contributed by atoms with Crippen LogP contribution in [-0.2, 0) is 8.85 Å². The number of hydrogen-bond acceptors (Lipinski definition) is 2. The van der Waals surface area contributed by atoms with Gasteiger partial charge in [0.1, 0.15) is 0 Å². The highest BCUT2D eigenvalue weighted by atomic mass is 28.3. The summed E-state index contributed by atoms with van der Waals surface area (Å²) in [5, 5.41) is 0. The van der Waals surface area contributed by atoms with Gasteiger partial charge in [0, 0.05) is 19.8 Å². The SMILES string of the molecule is CO[SiH](OC)C(C1CC1)C(C)(C)C. The van der Waals surface area contributed by atoms with E-state index in [1.165, 1.54) is 12.8 Å². The standard InChI is InChI=1S/C10H22O2Si/c1-10(2,3)9(8-6-7-8)13(11-4)12-5/h8-9,13H,6-7H2,1-5H3. The Morgan fingerprint density at radius 2 is 1.62 bits per heavy atom. The second-order valence-corrected chi connectivity index (χ2v) is 7.47. The van der Waals surface area contributed by atoms with Crippen molar-refractivity contribution in [3.05, 3.63) is 0 Å². The quantitative estimate of drug-likeness (QED) is 0.651. The lowest BCUT2D eigenvalue weighted by molar-refractivity contribution is 0.217. The molecule has 1 atom stereocenters. The molecule has 0 amide bonds. The maximum atomic E-state index is 5.51. The minimum absolute atomic E-state index is 0.337. The molecule has 1 fully saturated rings. The topological polar surface area (TPSA) is 18.5 Å². The summed E-state index contributed by atoms with van der Waals surface area (Å²) in [4.78, 5) is 0. The molecule has 0 saturated heterocycles. The molecular formula is C10H22O2Si. The van der Waals surface area contributed by atoms with Gasteiger partial charge in [-0.25, -0.2) is 0 Å². The Morgan fingerprint density at radius 3 is 1.85 bits per heavy atom. The summed E-state index contributed by atoms with van der Waals surface area (Å²) >= 11 is 0. The second kappa shape index (κ2) is 4.11. The first-order chi connectivity index (χ1) is 6.00. The molecule has 78 valence electrons. The van der Waals surface area contributed by atoms with Gasteiger partial charge in [-0.3, -0.25) is 0 Å². The lowest BCUT2D eigenvalue weighted by Gasteiger charge is -2.34. The van der Waals surface area contributed by atoms with Crippen LogP contribution in [-0.4, -0.2) is 23.5 Å². The monoisotopic (exact) mass is 202 g/mol. The molecule has 13 heavy (non-hydrogen) atoms. The third kappa shape index (κ3) is 2.79. The maximum absolute atomic E-state index is 5.51. The van der Waals surface area contributed by atoms with Crippen molar-refractivity contribution in [1.82, 2.24) is 0 Å². The molecule has 0 bridgehead atoms. The molecule has 0 N–H and O–H groups in total. The third-order valence-electron chi connectivity index (χ3n) is 2.89. The normalized spacial score (nSPS) is 20.8. The fourth-order valence-corrected chi connectivity index (χ4v) is 4.61. The minimum Gasteiger partial charge on any atom is -0.400 e. The summed E-state index contributed by atoms with van der Waals surface area (Å²) in [7, 11) is 2.16. The van der Waals surface area contributed by atoms with E-state index in [9.17, 15) is 0 Å². The lowest BCUT2D eigenvalue weighted by Crippen LogP contribution is -2.35. The van der Waals surface area contributed by atoms with Gasteiger partial charge in [0.2, 0.25) is 0 Å². The van der Waals surface area contributed by atoms with Crippen molar-refractivity contribution < 1.29 is 8.85 Å². The molecule has 0 aromatic carbocycles.